The van der Waals surface area contributed by atoms with E-state index in [2.05, 4.69) is 28.7 Å². The lowest BCUT2D eigenvalue weighted by Gasteiger charge is -2.45. The summed E-state index contributed by atoms with van der Waals surface area (Å²) in [5, 5.41) is 3.43. The molecule has 1 atom stereocenters. The van der Waals surface area contributed by atoms with Crippen molar-refractivity contribution in [3.63, 3.8) is 0 Å². The number of hydrogen-bond acceptors (Lipinski definition) is 3. The lowest BCUT2D eigenvalue weighted by atomic mass is 9.77. The maximum Gasteiger partial charge on any atom is 0.126 e. The molecule has 15 heavy (non-hydrogen) atoms. The van der Waals surface area contributed by atoms with Gasteiger partial charge in [-0.05, 0) is 5.41 Å². The predicted octanol–water partition coefficient (Wildman–Crippen LogP) is 1.20. The van der Waals surface area contributed by atoms with Gasteiger partial charge in [0.15, 0.2) is 0 Å². The fourth-order valence-corrected chi connectivity index (χ4v) is 2.01. The van der Waals surface area contributed by atoms with Gasteiger partial charge in [-0.15, -0.1) is 0 Å². The summed E-state index contributed by atoms with van der Waals surface area (Å²) >= 11 is 0. The van der Waals surface area contributed by atoms with Gasteiger partial charge >= 0.3 is 0 Å². The zero-order valence-corrected chi connectivity index (χ0v) is 9.66. The number of nitrogens with zero attached hydrogens (tertiary/aromatic N) is 2. The van der Waals surface area contributed by atoms with E-state index in [4.69, 9.17) is 4.74 Å². The highest BCUT2D eigenvalue weighted by Gasteiger charge is 2.41. The molecule has 4 nitrogen and oxygen atoms in total. The fraction of sp³-hybridized carbons (Fsp3) is 0.727. The standard InChI is InChI=1S/C11H19N3O/c1-11(2)8-13-9(11)10-12-4-5-14(10)6-7-15-3/h4-5,9,13H,6-8H2,1-3H3. The largest absolute Gasteiger partial charge is 0.383 e. The van der Waals surface area contributed by atoms with E-state index in [-0.39, 0.29) is 0 Å². The maximum atomic E-state index is 5.08. The monoisotopic (exact) mass is 209 g/mol. The first-order valence-electron chi connectivity index (χ1n) is 5.38. The molecule has 1 aromatic heterocycles. The van der Waals surface area contributed by atoms with Crippen molar-refractivity contribution in [2.45, 2.75) is 26.4 Å². The van der Waals surface area contributed by atoms with Crippen molar-refractivity contribution in [2.75, 3.05) is 20.3 Å². The number of rotatable bonds is 4. The zero-order valence-electron chi connectivity index (χ0n) is 9.66. The summed E-state index contributed by atoms with van der Waals surface area (Å²) in [5.41, 5.74) is 0.316. The highest BCUT2D eigenvalue weighted by Crippen LogP contribution is 2.39. The first-order valence-corrected chi connectivity index (χ1v) is 5.38. The van der Waals surface area contributed by atoms with Crippen molar-refractivity contribution in [2.24, 2.45) is 5.41 Å². The normalized spacial score (nSPS) is 23.8. The van der Waals surface area contributed by atoms with Gasteiger partial charge < -0.3 is 14.6 Å². The Morgan fingerprint density at radius 1 is 1.67 bits per heavy atom. The molecule has 84 valence electrons. The van der Waals surface area contributed by atoms with Crippen LogP contribution in [0.3, 0.4) is 0 Å². The van der Waals surface area contributed by atoms with E-state index in [9.17, 15) is 0 Å². The van der Waals surface area contributed by atoms with Crippen molar-refractivity contribution in [1.82, 2.24) is 14.9 Å². The third-order valence-corrected chi connectivity index (χ3v) is 3.09. The van der Waals surface area contributed by atoms with Crippen LogP contribution in [-0.4, -0.2) is 29.8 Å². The van der Waals surface area contributed by atoms with Gasteiger partial charge in [0, 0.05) is 32.6 Å². The van der Waals surface area contributed by atoms with Crippen LogP contribution in [0.5, 0.6) is 0 Å². The smallest absolute Gasteiger partial charge is 0.126 e. The average Bonchev–Trinajstić information content (AvgIpc) is 2.61. The molecule has 1 saturated heterocycles. The zero-order chi connectivity index (χ0) is 10.9. The molecule has 1 unspecified atom stereocenters. The summed E-state index contributed by atoms with van der Waals surface area (Å²) < 4.78 is 7.25. The van der Waals surface area contributed by atoms with Gasteiger partial charge in [0.1, 0.15) is 5.82 Å². The van der Waals surface area contributed by atoms with Gasteiger partial charge in [-0.2, -0.15) is 0 Å². The summed E-state index contributed by atoms with van der Waals surface area (Å²) in [6.07, 6.45) is 3.88. The average molecular weight is 209 g/mol. The van der Waals surface area contributed by atoms with E-state index in [1.54, 1.807) is 7.11 Å². The molecule has 1 N–H and O–H groups in total. The molecule has 4 heteroatoms. The number of nitrogens with one attached hydrogen (secondary N) is 1. The Hall–Kier alpha value is -0.870. The van der Waals surface area contributed by atoms with E-state index < -0.39 is 0 Å². The second-order valence-electron chi connectivity index (χ2n) is 4.77. The predicted molar refractivity (Wildman–Crippen MR) is 58.6 cm³/mol. The summed E-state index contributed by atoms with van der Waals surface area (Å²) in [6.45, 7) is 7.21. The van der Waals surface area contributed by atoms with E-state index in [1.165, 1.54) is 0 Å². The number of methoxy groups -OCH3 is 1. The molecule has 0 saturated carbocycles. The molecule has 1 aliphatic heterocycles. The number of aromatic nitrogens is 2. The van der Waals surface area contributed by atoms with Crippen LogP contribution < -0.4 is 5.32 Å². The maximum absolute atomic E-state index is 5.08. The highest BCUT2D eigenvalue weighted by atomic mass is 16.5. The third kappa shape index (κ3) is 1.92. The number of imidazole rings is 1. The number of hydrogen-bond donors (Lipinski definition) is 1. The molecule has 0 amide bonds. The van der Waals surface area contributed by atoms with Crippen LogP contribution in [0, 0.1) is 5.41 Å². The first-order chi connectivity index (χ1) is 7.15. The second kappa shape index (κ2) is 3.94. The van der Waals surface area contributed by atoms with Crippen LogP contribution in [0.4, 0.5) is 0 Å². The molecular weight excluding hydrogens is 190 g/mol. The molecule has 0 aromatic carbocycles. The van der Waals surface area contributed by atoms with Crippen LogP contribution in [0.15, 0.2) is 12.4 Å². The summed E-state index contributed by atoms with van der Waals surface area (Å²) in [4.78, 5) is 4.43. The first kappa shape index (κ1) is 10.6. The third-order valence-electron chi connectivity index (χ3n) is 3.09. The van der Waals surface area contributed by atoms with Crippen molar-refractivity contribution in [3.05, 3.63) is 18.2 Å². The van der Waals surface area contributed by atoms with Gasteiger partial charge in [-0.25, -0.2) is 4.98 Å². The van der Waals surface area contributed by atoms with E-state index in [0.29, 0.717) is 11.5 Å². The molecule has 0 bridgehead atoms. The van der Waals surface area contributed by atoms with Gasteiger partial charge in [-0.3, -0.25) is 0 Å². The van der Waals surface area contributed by atoms with Crippen LogP contribution in [-0.2, 0) is 11.3 Å². The molecule has 2 heterocycles. The molecular formula is C11H19N3O. The van der Waals surface area contributed by atoms with Gasteiger partial charge in [-0.1, -0.05) is 13.8 Å². The van der Waals surface area contributed by atoms with Crippen molar-refractivity contribution in [1.29, 1.82) is 0 Å². The van der Waals surface area contributed by atoms with Gasteiger partial charge in [0.2, 0.25) is 0 Å². The van der Waals surface area contributed by atoms with Crippen molar-refractivity contribution in [3.8, 4) is 0 Å². The fourth-order valence-electron chi connectivity index (χ4n) is 2.01. The van der Waals surface area contributed by atoms with Gasteiger partial charge in [0.05, 0.1) is 12.6 Å². The summed E-state index contributed by atoms with van der Waals surface area (Å²) in [7, 11) is 1.72. The molecule has 1 fully saturated rings. The Labute approximate surface area is 90.6 Å². The Bertz CT molecular complexity index is 332. The van der Waals surface area contributed by atoms with Crippen molar-refractivity contribution < 1.29 is 4.74 Å². The Balaban J connectivity index is 2.11. The van der Waals surface area contributed by atoms with Gasteiger partial charge in [0.25, 0.3) is 0 Å². The minimum Gasteiger partial charge on any atom is -0.383 e. The second-order valence-corrected chi connectivity index (χ2v) is 4.77. The van der Waals surface area contributed by atoms with E-state index in [0.717, 1.165) is 25.5 Å². The lowest BCUT2D eigenvalue weighted by Crippen LogP contribution is -2.53. The quantitative estimate of drug-likeness (QED) is 0.810. The highest BCUT2D eigenvalue weighted by molar-refractivity contribution is 5.10. The number of ether oxygens (including phenoxy) is 1. The van der Waals surface area contributed by atoms with Crippen LogP contribution in [0.25, 0.3) is 0 Å². The lowest BCUT2D eigenvalue weighted by molar-refractivity contribution is 0.114. The Kier molecular flexibility index (Phi) is 2.80. The molecule has 0 aliphatic carbocycles. The Morgan fingerprint density at radius 3 is 3.00 bits per heavy atom. The van der Waals surface area contributed by atoms with Crippen LogP contribution in [0.1, 0.15) is 25.7 Å². The minimum absolute atomic E-state index is 0.316. The molecule has 1 aliphatic rings. The topological polar surface area (TPSA) is 39.1 Å². The van der Waals surface area contributed by atoms with Crippen LogP contribution >= 0.6 is 0 Å². The molecule has 2 rings (SSSR count). The van der Waals surface area contributed by atoms with Crippen LogP contribution in [0.2, 0.25) is 0 Å². The molecule has 0 radical (unpaired) electrons. The summed E-state index contributed by atoms with van der Waals surface area (Å²) in [6, 6.07) is 0.379. The van der Waals surface area contributed by atoms with E-state index in [1.807, 2.05) is 12.4 Å². The minimum atomic E-state index is 0.316. The Morgan fingerprint density at radius 2 is 2.47 bits per heavy atom. The van der Waals surface area contributed by atoms with E-state index >= 15 is 0 Å². The van der Waals surface area contributed by atoms with Crippen molar-refractivity contribution >= 4 is 0 Å². The molecule has 0 spiro atoms. The molecule has 1 aromatic rings. The summed E-state index contributed by atoms with van der Waals surface area (Å²) in [5.74, 6) is 1.13. The SMILES string of the molecule is COCCn1ccnc1C1NCC1(C)C.